The molecule has 2 rings (SSSR count). The molecule has 0 aliphatic rings. The van der Waals surface area contributed by atoms with Crippen molar-refractivity contribution in [3.8, 4) is 0 Å². The molecule has 1 aromatic carbocycles. The largest absolute Gasteiger partial charge is 0.375 e. The molecule has 2 nitrogen and oxygen atoms in total. The van der Waals surface area contributed by atoms with E-state index in [4.69, 9.17) is 5.73 Å². The van der Waals surface area contributed by atoms with Gasteiger partial charge >= 0.3 is 0 Å². The van der Waals surface area contributed by atoms with Crippen molar-refractivity contribution in [3.63, 3.8) is 0 Å². The van der Waals surface area contributed by atoms with Crippen molar-refractivity contribution >= 4 is 32.4 Å². The van der Waals surface area contributed by atoms with Crippen LogP contribution in [0.1, 0.15) is 29.5 Å². The smallest absolute Gasteiger partial charge is 0.180 e. The Bertz CT molecular complexity index is 508. The Morgan fingerprint density at radius 3 is 2.82 bits per heavy atom. The number of thiazole rings is 1. The number of nitrogens with two attached hydrogens (primary N) is 1. The van der Waals surface area contributed by atoms with Crippen LogP contribution in [0, 0.1) is 0 Å². The molecule has 0 atom stereocenters. The lowest BCUT2D eigenvalue weighted by Gasteiger charge is -2.03. The lowest BCUT2D eigenvalue weighted by Crippen LogP contribution is -1.93. The number of nitrogen functional groups attached to an aromatic ring is 1. The van der Waals surface area contributed by atoms with Crippen LogP contribution >= 0.6 is 27.3 Å². The Kier molecular flexibility index (Phi) is 4.18. The molecule has 0 bridgehead atoms. The first-order chi connectivity index (χ1) is 8.20. The summed E-state index contributed by atoms with van der Waals surface area (Å²) < 4.78 is 1.15. The number of hydrogen-bond acceptors (Lipinski definition) is 3. The molecule has 0 amide bonds. The summed E-state index contributed by atoms with van der Waals surface area (Å²) in [6.07, 6.45) is 3.02. The molecule has 90 valence electrons. The molecule has 0 unspecified atom stereocenters. The van der Waals surface area contributed by atoms with Gasteiger partial charge < -0.3 is 5.73 Å². The fourth-order valence-electron chi connectivity index (χ4n) is 1.79. The van der Waals surface area contributed by atoms with E-state index in [2.05, 4.69) is 46.0 Å². The summed E-state index contributed by atoms with van der Waals surface area (Å²) in [4.78, 5) is 5.70. The van der Waals surface area contributed by atoms with Gasteiger partial charge in [-0.3, -0.25) is 0 Å². The molecule has 1 heterocycles. The lowest BCUT2D eigenvalue weighted by molar-refractivity contribution is 0.879. The van der Waals surface area contributed by atoms with Gasteiger partial charge in [0.15, 0.2) is 5.13 Å². The molecular formula is C13H15BrN2S. The number of hydrogen-bond donors (Lipinski definition) is 1. The van der Waals surface area contributed by atoms with Crippen molar-refractivity contribution in [3.05, 3.63) is 44.9 Å². The minimum Gasteiger partial charge on any atom is -0.375 e. The zero-order chi connectivity index (χ0) is 12.3. The predicted octanol–water partition coefficient (Wildman–Crippen LogP) is 4.03. The van der Waals surface area contributed by atoms with Crippen LogP contribution in [0.3, 0.4) is 0 Å². The van der Waals surface area contributed by atoms with Crippen molar-refractivity contribution in [2.24, 2.45) is 0 Å². The third-order valence-corrected chi connectivity index (χ3v) is 4.29. The molecule has 0 saturated heterocycles. The normalized spacial score (nSPS) is 10.7. The Balaban J connectivity index is 2.26. The summed E-state index contributed by atoms with van der Waals surface area (Å²) in [5.41, 5.74) is 8.24. The highest BCUT2D eigenvalue weighted by molar-refractivity contribution is 9.10. The Morgan fingerprint density at radius 2 is 2.12 bits per heavy atom. The van der Waals surface area contributed by atoms with Gasteiger partial charge in [0.1, 0.15) is 0 Å². The second-order valence-electron chi connectivity index (χ2n) is 3.94. The zero-order valence-electron chi connectivity index (χ0n) is 9.74. The van der Waals surface area contributed by atoms with Crippen molar-refractivity contribution in [2.75, 3.05) is 5.73 Å². The van der Waals surface area contributed by atoms with E-state index < -0.39 is 0 Å². The zero-order valence-corrected chi connectivity index (χ0v) is 12.1. The Labute approximate surface area is 114 Å². The van der Waals surface area contributed by atoms with Crippen LogP contribution in [0.25, 0.3) is 0 Å². The van der Waals surface area contributed by atoms with Crippen LogP contribution in [-0.4, -0.2) is 4.98 Å². The summed E-state index contributed by atoms with van der Waals surface area (Å²) in [7, 11) is 0. The molecule has 0 aliphatic carbocycles. The SMILES string of the molecule is CCCc1nc(N)sc1Cc1ccccc1Br. The molecular weight excluding hydrogens is 296 g/mol. The van der Waals surface area contributed by atoms with Crippen molar-refractivity contribution in [1.82, 2.24) is 4.98 Å². The topological polar surface area (TPSA) is 38.9 Å². The van der Waals surface area contributed by atoms with E-state index in [0.29, 0.717) is 5.13 Å². The molecule has 4 heteroatoms. The van der Waals surface area contributed by atoms with Gasteiger partial charge in [0.05, 0.1) is 5.69 Å². The highest BCUT2D eigenvalue weighted by Crippen LogP contribution is 2.27. The molecule has 0 spiro atoms. The monoisotopic (exact) mass is 310 g/mol. The number of aromatic nitrogens is 1. The van der Waals surface area contributed by atoms with Crippen molar-refractivity contribution in [1.29, 1.82) is 0 Å². The van der Waals surface area contributed by atoms with E-state index in [-0.39, 0.29) is 0 Å². The lowest BCUT2D eigenvalue weighted by atomic mass is 10.1. The van der Waals surface area contributed by atoms with E-state index >= 15 is 0 Å². The van der Waals surface area contributed by atoms with Gasteiger partial charge in [0.2, 0.25) is 0 Å². The molecule has 0 aliphatic heterocycles. The van der Waals surface area contributed by atoms with Crippen molar-refractivity contribution in [2.45, 2.75) is 26.2 Å². The molecule has 17 heavy (non-hydrogen) atoms. The van der Waals surface area contributed by atoms with Gasteiger partial charge in [0, 0.05) is 15.8 Å². The summed E-state index contributed by atoms with van der Waals surface area (Å²) in [5.74, 6) is 0. The molecule has 2 N–H and O–H groups in total. The summed E-state index contributed by atoms with van der Waals surface area (Å²) in [6, 6.07) is 8.29. The Morgan fingerprint density at radius 1 is 1.35 bits per heavy atom. The average Bonchev–Trinajstić information content (AvgIpc) is 2.63. The summed E-state index contributed by atoms with van der Waals surface area (Å²) >= 11 is 5.18. The first-order valence-electron chi connectivity index (χ1n) is 5.68. The van der Waals surface area contributed by atoms with Crippen LogP contribution in [0.4, 0.5) is 5.13 Å². The molecule has 0 radical (unpaired) electrons. The fraction of sp³-hybridized carbons (Fsp3) is 0.308. The number of aryl methyl sites for hydroxylation is 1. The van der Waals surface area contributed by atoms with E-state index in [1.54, 1.807) is 11.3 Å². The third-order valence-electron chi connectivity index (χ3n) is 2.59. The minimum atomic E-state index is 0.676. The van der Waals surface area contributed by atoms with Gasteiger partial charge in [0.25, 0.3) is 0 Å². The third kappa shape index (κ3) is 3.07. The number of anilines is 1. The number of rotatable bonds is 4. The molecule has 0 fully saturated rings. The van der Waals surface area contributed by atoms with Gasteiger partial charge in [-0.1, -0.05) is 47.5 Å². The van der Waals surface area contributed by atoms with Crippen LogP contribution in [0.15, 0.2) is 28.7 Å². The van der Waals surface area contributed by atoms with Crippen LogP contribution < -0.4 is 5.73 Å². The highest BCUT2D eigenvalue weighted by atomic mass is 79.9. The second-order valence-corrected chi connectivity index (χ2v) is 5.91. The Hall–Kier alpha value is -0.870. The van der Waals surface area contributed by atoms with E-state index in [1.165, 1.54) is 10.4 Å². The van der Waals surface area contributed by atoms with Gasteiger partial charge in [-0.25, -0.2) is 4.98 Å². The molecule has 0 saturated carbocycles. The maximum Gasteiger partial charge on any atom is 0.180 e. The van der Waals surface area contributed by atoms with E-state index in [1.807, 2.05) is 6.07 Å². The van der Waals surface area contributed by atoms with E-state index in [9.17, 15) is 0 Å². The maximum atomic E-state index is 5.80. The first kappa shape index (κ1) is 12.6. The predicted molar refractivity (Wildman–Crippen MR) is 77.5 cm³/mol. The quantitative estimate of drug-likeness (QED) is 0.926. The average molecular weight is 311 g/mol. The highest BCUT2D eigenvalue weighted by Gasteiger charge is 2.10. The standard InChI is InChI=1S/C13H15BrN2S/c1-2-5-11-12(17-13(15)16-11)8-9-6-3-4-7-10(9)14/h3-4,6-7H,2,5,8H2,1H3,(H2,15,16). The van der Waals surface area contributed by atoms with Gasteiger partial charge in [-0.15, -0.1) is 11.3 Å². The summed E-state index contributed by atoms with van der Waals surface area (Å²) in [6.45, 7) is 2.16. The minimum absolute atomic E-state index is 0.676. The fourth-order valence-corrected chi connectivity index (χ4v) is 3.11. The molecule has 1 aromatic heterocycles. The van der Waals surface area contributed by atoms with Crippen LogP contribution in [0.5, 0.6) is 0 Å². The number of nitrogens with zero attached hydrogens (tertiary/aromatic N) is 1. The molecule has 2 aromatic rings. The summed E-state index contributed by atoms with van der Waals surface area (Å²) in [5, 5.41) is 0.676. The first-order valence-corrected chi connectivity index (χ1v) is 7.29. The number of halogens is 1. The van der Waals surface area contributed by atoms with E-state index in [0.717, 1.165) is 29.4 Å². The van der Waals surface area contributed by atoms with Crippen LogP contribution in [-0.2, 0) is 12.8 Å². The number of benzene rings is 1. The van der Waals surface area contributed by atoms with Gasteiger partial charge in [-0.05, 0) is 18.1 Å². The van der Waals surface area contributed by atoms with Crippen molar-refractivity contribution < 1.29 is 0 Å². The maximum absolute atomic E-state index is 5.80. The second kappa shape index (κ2) is 5.65. The van der Waals surface area contributed by atoms with Crippen LogP contribution in [0.2, 0.25) is 0 Å². The van der Waals surface area contributed by atoms with Gasteiger partial charge in [-0.2, -0.15) is 0 Å².